The third-order valence-corrected chi connectivity index (χ3v) is 4.77. The molecule has 1 saturated heterocycles. The number of nitrogens with one attached hydrogen (secondary N) is 3. The first-order valence-corrected chi connectivity index (χ1v) is 9.60. The van der Waals surface area contributed by atoms with Crippen molar-refractivity contribution < 1.29 is 9.53 Å². The van der Waals surface area contributed by atoms with E-state index in [4.69, 9.17) is 4.74 Å². The van der Waals surface area contributed by atoms with Crippen molar-refractivity contribution in [2.24, 2.45) is 4.99 Å². The van der Waals surface area contributed by atoms with Crippen molar-refractivity contribution in [2.45, 2.75) is 32.9 Å². The molecular weight excluding hydrogens is 342 g/mol. The predicted octanol–water partition coefficient (Wildman–Crippen LogP) is 1.21. The highest BCUT2D eigenvalue weighted by molar-refractivity contribution is 5.94. The number of guanidine groups is 1. The van der Waals surface area contributed by atoms with E-state index in [1.807, 2.05) is 31.2 Å². The van der Waals surface area contributed by atoms with Crippen molar-refractivity contribution in [1.82, 2.24) is 20.9 Å². The Labute approximate surface area is 162 Å². The summed E-state index contributed by atoms with van der Waals surface area (Å²) >= 11 is 0. The number of amides is 1. The Morgan fingerprint density at radius 2 is 1.96 bits per heavy atom. The van der Waals surface area contributed by atoms with Gasteiger partial charge in [0.1, 0.15) is 0 Å². The molecule has 2 rings (SSSR count). The average Bonchev–Trinajstić information content (AvgIpc) is 2.69. The van der Waals surface area contributed by atoms with E-state index >= 15 is 0 Å². The number of nitrogens with zero attached hydrogens (tertiary/aromatic N) is 2. The van der Waals surface area contributed by atoms with Crippen molar-refractivity contribution in [3.05, 3.63) is 35.4 Å². The summed E-state index contributed by atoms with van der Waals surface area (Å²) in [5, 5.41) is 9.56. The Balaban J connectivity index is 1.86. The molecule has 0 aromatic heterocycles. The van der Waals surface area contributed by atoms with Crippen LogP contribution in [0.4, 0.5) is 0 Å². The molecule has 7 heteroatoms. The van der Waals surface area contributed by atoms with Gasteiger partial charge in [-0.25, -0.2) is 0 Å². The van der Waals surface area contributed by atoms with Gasteiger partial charge in [0.05, 0.1) is 13.2 Å². The minimum absolute atomic E-state index is 0.0135. The normalized spacial score (nSPS) is 16.1. The molecule has 1 aromatic rings. The number of aliphatic imine (C=N–C) groups is 1. The van der Waals surface area contributed by atoms with Gasteiger partial charge in [0.15, 0.2) is 5.96 Å². The van der Waals surface area contributed by atoms with Crippen molar-refractivity contribution in [3.63, 3.8) is 0 Å². The Kier molecular flexibility index (Phi) is 8.06. The van der Waals surface area contributed by atoms with Crippen LogP contribution in [-0.4, -0.2) is 68.7 Å². The standard InChI is InChI=1S/C20H33N5O2/c1-5-22-18(26)17-8-6-7-16(13-17)14-23-19(21-4)24-15-20(2,3)25-9-11-27-12-10-25/h6-8,13H,5,9-12,14-15H2,1-4H3,(H,22,26)(H2,21,23,24). The highest BCUT2D eigenvalue weighted by Gasteiger charge is 2.28. The lowest BCUT2D eigenvalue weighted by Crippen LogP contribution is -2.56. The van der Waals surface area contributed by atoms with Gasteiger partial charge in [-0.15, -0.1) is 0 Å². The highest BCUT2D eigenvalue weighted by Crippen LogP contribution is 2.15. The first-order valence-electron chi connectivity index (χ1n) is 9.60. The van der Waals surface area contributed by atoms with Crippen LogP contribution >= 0.6 is 0 Å². The maximum absolute atomic E-state index is 12.0. The van der Waals surface area contributed by atoms with Gasteiger partial charge < -0.3 is 20.7 Å². The lowest BCUT2D eigenvalue weighted by molar-refractivity contribution is -0.00834. The van der Waals surface area contributed by atoms with Gasteiger partial charge in [-0.05, 0) is 38.5 Å². The molecule has 0 atom stereocenters. The zero-order chi connectivity index (χ0) is 19.7. The quantitative estimate of drug-likeness (QED) is 0.493. The second kappa shape index (κ2) is 10.3. The Bertz CT molecular complexity index is 639. The second-order valence-electron chi connectivity index (χ2n) is 7.25. The minimum Gasteiger partial charge on any atom is -0.379 e. The number of carbonyl (C=O) groups is 1. The Hall–Kier alpha value is -2.12. The summed E-state index contributed by atoms with van der Waals surface area (Å²) in [7, 11) is 1.77. The zero-order valence-corrected chi connectivity index (χ0v) is 17.0. The fraction of sp³-hybridized carbons (Fsp3) is 0.600. The van der Waals surface area contributed by atoms with Crippen LogP contribution < -0.4 is 16.0 Å². The van der Waals surface area contributed by atoms with E-state index in [1.54, 1.807) is 7.05 Å². The summed E-state index contributed by atoms with van der Waals surface area (Å²) < 4.78 is 5.44. The fourth-order valence-corrected chi connectivity index (χ4v) is 3.07. The van der Waals surface area contributed by atoms with Crippen LogP contribution in [0, 0.1) is 0 Å². The number of morpholine rings is 1. The van der Waals surface area contributed by atoms with Crippen LogP contribution in [-0.2, 0) is 11.3 Å². The molecule has 0 spiro atoms. The zero-order valence-electron chi connectivity index (χ0n) is 17.0. The number of carbonyl (C=O) groups excluding carboxylic acids is 1. The molecule has 0 aliphatic carbocycles. The average molecular weight is 376 g/mol. The van der Waals surface area contributed by atoms with Crippen LogP contribution in [0.15, 0.2) is 29.3 Å². The van der Waals surface area contributed by atoms with Crippen molar-refractivity contribution in [1.29, 1.82) is 0 Å². The fourth-order valence-electron chi connectivity index (χ4n) is 3.07. The lowest BCUT2D eigenvalue weighted by Gasteiger charge is -2.41. The first-order chi connectivity index (χ1) is 13.0. The number of ether oxygens (including phenoxy) is 1. The first kappa shape index (κ1) is 21.2. The molecular formula is C20H33N5O2. The topological polar surface area (TPSA) is 78.0 Å². The third kappa shape index (κ3) is 6.52. The number of hydrogen-bond acceptors (Lipinski definition) is 4. The summed E-state index contributed by atoms with van der Waals surface area (Å²) in [5.74, 6) is 0.703. The molecule has 1 amide bonds. The van der Waals surface area contributed by atoms with Gasteiger partial charge in [-0.1, -0.05) is 12.1 Å². The summed E-state index contributed by atoms with van der Waals surface area (Å²) in [6.45, 7) is 11.9. The summed E-state index contributed by atoms with van der Waals surface area (Å²) in [6, 6.07) is 7.63. The van der Waals surface area contributed by atoms with Crippen LogP contribution in [0.2, 0.25) is 0 Å². The molecule has 0 radical (unpaired) electrons. The van der Waals surface area contributed by atoms with E-state index in [2.05, 4.69) is 39.7 Å². The summed E-state index contributed by atoms with van der Waals surface area (Å²) in [4.78, 5) is 18.7. The molecule has 3 N–H and O–H groups in total. The van der Waals surface area contributed by atoms with E-state index in [-0.39, 0.29) is 11.4 Å². The third-order valence-electron chi connectivity index (χ3n) is 4.77. The molecule has 0 saturated carbocycles. The van der Waals surface area contributed by atoms with Gasteiger partial charge in [-0.3, -0.25) is 14.7 Å². The van der Waals surface area contributed by atoms with Crippen LogP contribution in [0.5, 0.6) is 0 Å². The maximum Gasteiger partial charge on any atom is 0.251 e. The van der Waals surface area contributed by atoms with Gasteiger partial charge >= 0.3 is 0 Å². The predicted molar refractivity (Wildman–Crippen MR) is 109 cm³/mol. The lowest BCUT2D eigenvalue weighted by atomic mass is 10.0. The Morgan fingerprint density at radius 3 is 2.63 bits per heavy atom. The van der Waals surface area contributed by atoms with Gasteiger partial charge in [0.2, 0.25) is 0 Å². The molecule has 1 aliphatic heterocycles. The van der Waals surface area contributed by atoms with Gasteiger partial charge in [-0.2, -0.15) is 0 Å². The molecule has 1 fully saturated rings. The maximum atomic E-state index is 12.0. The smallest absolute Gasteiger partial charge is 0.251 e. The monoisotopic (exact) mass is 375 g/mol. The SMILES string of the molecule is CCNC(=O)c1cccc(CNC(=NC)NCC(C)(C)N2CCOCC2)c1. The molecule has 7 nitrogen and oxygen atoms in total. The number of benzene rings is 1. The van der Waals surface area contributed by atoms with Crippen LogP contribution in [0.3, 0.4) is 0 Å². The summed E-state index contributed by atoms with van der Waals surface area (Å²) in [5.41, 5.74) is 1.72. The molecule has 27 heavy (non-hydrogen) atoms. The number of rotatable bonds is 7. The molecule has 0 unspecified atom stereocenters. The molecule has 150 valence electrons. The number of hydrogen-bond donors (Lipinski definition) is 3. The summed E-state index contributed by atoms with van der Waals surface area (Å²) in [6.07, 6.45) is 0. The van der Waals surface area contributed by atoms with E-state index in [9.17, 15) is 4.79 Å². The van der Waals surface area contributed by atoms with Crippen LogP contribution in [0.25, 0.3) is 0 Å². The Morgan fingerprint density at radius 1 is 1.22 bits per heavy atom. The van der Waals surface area contributed by atoms with E-state index in [1.165, 1.54) is 0 Å². The van der Waals surface area contributed by atoms with Gasteiger partial charge in [0, 0.05) is 50.9 Å². The van der Waals surface area contributed by atoms with E-state index in [0.29, 0.717) is 18.7 Å². The van der Waals surface area contributed by atoms with Crippen molar-refractivity contribution in [3.8, 4) is 0 Å². The van der Waals surface area contributed by atoms with Crippen molar-refractivity contribution in [2.75, 3.05) is 46.4 Å². The molecule has 1 aromatic carbocycles. The minimum atomic E-state index is -0.0471. The molecule has 0 bridgehead atoms. The second-order valence-corrected chi connectivity index (χ2v) is 7.25. The van der Waals surface area contributed by atoms with Crippen molar-refractivity contribution >= 4 is 11.9 Å². The van der Waals surface area contributed by atoms with Crippen LogP contribution in [0.1, 0.15) is 36.7 Å². The molecule has 1 aliphatic rings. The van der Waals surface area contributed by atoms with E-state index < -0.39 is 0 Å². The van der Waals surface area contributed by atoms with E-state index in [0.717, 1.165) is 44.4 Å². The largest absolute Gasteiger partial charge is 0.379 e. The van der Waals surface area contributed by atoms with Gasteiger partial charge in [0.25, 0.3) is 5.91 Å². The highest BCUT2D eigenvalue weighted by atomic mass is 16.5. The molecule has 1 heterocycles.